The highest BCUT2D eigenvalue weighted by Crippen LogP contribution is 2.23. The van der Waals surface area contributed by atoms with Gasteiger partial charge in [0.15, 0.2) is 0 Å². The molecule has 0 saturated carbocycles. The van der Waals surface area contributed by atoms with Crippen LogP contribution in [0.15, 0.2) is 60.8 Å². The second kappa shape index (κ2) is 6.92. The molecule has 0 aliphatic heterocycles. The van der Waals surface area contributed by atoms with Gasteiger partial charge in [-0.2, -0.15) is 0 Å². The van der Waals surface area contributed by atoms with E-state index in [1.165, 1.54) is 0 Å². The number of amides is 1. The van der Waals surface area contributed by atoms with Gasteiger partial charge in [-0.05, 0) is 56.3 Å². The van der Waals surface area contributed by atoms with Crippen LogP contribution in [0.2, 0.25) is 0 Å². The molecule has 2 aromatic carbocycles. The third-order valence-corrected chi connectivity index (χ3v) is 4.21. The number of carbonyl (C=O) groups is 1. The standard InChI is InChI=1S/C21H19N5O/c1-13-11-14(2)24-21(23-13)25-16-6-3-5-15(12-16)20(27)26-19-8-4-7-18-17(19)9-10-22-18/h3-12,22H,1-2H3,(H,26,27)(H,23,24,25). The van der Waals surface area contributed by atoms with Crippen LogP contribution in [0.4, 0.5) is 17.3 Å². The van der Waals surface area contributed by atoms with Gasteiger partial charge in [0.2, 0.25) is 5.95 Å². The van der Waals surface area contributed by atoms with Gasteiger partial charge in [0.05, 0.1) is 5.69 Å². The molecule has 0 unspecified atom stereocenters. The number of hydrogen-bond donors (Lipinski definition) is 3. The molecule has 2 aromatic heterocycles. The summed E-state index contributed by atoms with van der Waals surface area (Å²) in [5, 5.41) is 7.12. The lowest BCUT2D eigenvalue weighted by atomic mass is 10.1. The van der Waals surface area contributed by atoms with Crippen molar-refractivity contribution in [3.8, 4) is 0 Å². The van der Waals surface area contributed by atoms with E-state index in [4.69, 9.17) is 0 Å². The molecule has 27 heavy (non-hydrogen) atoms. The summed E-state index contributed by atoms with van der Waals surface area (Å²) in [7, 11) is 0. The van der Waals surface area contributed by atoms with Gasteiger partial charge in [-0.25, -0.2) is 9.97 Å². The minimum absolute atomic E-state index is 0.173. The number of fused-ring (bicyclic) bond motifs is 1. The molecule has 6 heteroatoms. The van der Waals surface area contributed by atoms with E-state index >= 15 is 0 Å². The quantitative estimate of drug-likeness (QED) is 0.500. The lowest BCUT2D eigenvalue weighted by Crippen LogP contribution is -2.12. The summed E-state index contributed by atoms with van der Waals surface area (Å²) in [6, 6.07) is 16.9. The Balaban J connectivity index is 1.56. The van der Waals surface area contributed by atoms with Crippen LogP contribution in [0.1, 0.15) is 21.7 Å². The first-order chi connectivity index (χ1) is 13.1. The highest BCUT2D eigenvalue weighted by molar-refractivity contribution is 6.09. The molecule has 0 spiro atoms. The van der Waals surface area contributed by atoms with Gasteiger partial charge in [-0.3, -0.25) is 4.79 Å². The summed E-state index contributed by atoms with van der Waals surface area (Å²) in [4.78, 5) is 24.6. The zero-order chi connectivity index (χ0) is 18.8. The van der Waals surface area contributed by atoms with Crippen LogP contribution in [0, 0.1) is 13.8 Å². The normalized spacial score (nSPS) is 10.7. The summed E-state index contributed by atoms with van der Waals surface area (Å²) >= 11 is 0. The number of H-pyrrole nitrogens is 1. The lowest BCUT2D eigenvalue weighted by Gasteiger charge is -2.10. The Labute approximate surface area is 156 Å². The number of nitrogens with one attached hydrogen (secondary N) is 3. The molecule has 0 bridgehead atoms. The monoisotopic (exact) mass is 357 g/mol. The minimum Gasteiger partial charge on any atom is -0.361 e. The number of aromatic nitrogens is 3. The fourth-order valence-corrected chi connectivity index (χ4v) is 3.04. The molecular formula is C21H19N5O. The Morgan fingerprint density at radius 3 is 2.56 bits per heavy atom. The van der Waals surface area contributed by atoms with Crippen molar-refractivity contribution in [3.05, 3.63) is 77.7 Å². The number of carbonyl (C=O) groups excluding carboxylic acids is 1. The van der Waals surface area contributed by atoms with Crippen molar-refractivity contribution in [3.63, 3.8) is 0 Å². The first-order valence-electron chi connectivity index (χ1n) is 8.65. The van der Waals surface area contributed by atoms with E-state index in [1.54, 1.807) is 12.1 Å². The Kier molecular flexibility index (Phi) is 4.30. The van der Waals surface area contributed by atoms with E-state index in [9.17, 15) is 4.79 Å². The number of nitrogens with zero attached hydrogens (tertiary/aromatic N) is 2. The molecule has 134 valence electrons. The van der Waals surface area contributed by atoms with Crippen LogP contribution in [0.25, 0.3) is 10.9 Å². The van der Waals surface area contributed by atoms with E-state index in [2.05, 4.69) is 25.6 Å². The van der Waals surface area contributed by atoms with Crippen LogP contribution >= 0.6 is 0 Å². The molecule has 2 heterocycles. The Morgan fingerprint density at radius 1 is 0.963 bits per heavy atom. The van der Waals surface area contributed by atoms with Gasteiger partial charge in [0.25, 0.3) is 5.91 Å². The van der Waals surface area contributed by atoms with Crippen LogP contribution < -0.4 is 10.6 Å². The molecular weight excluding hydrogens is 338 g/mol. The summed E-state index contributed by atoms with van der Waals surface area (Å²) in [5.74, 6) is 0.343. The Morgan fingerprint density at radius 2 is 1.74 bits per heavy atom. The van der Waals surface area contributed by atoms with Gasteiger partial charge in [-0.15, -0.1) is 0 Å². The van der Waals surface area contributed by atoms with Crippen molar-refractivity contribution >= 4 is 34.1 Å². The fraction of sp³-hybridized carbons (Fsp3) is 0.0952. The van der Waals surface area contributed by atoms with Crippen LogP contribution in [0.5, 0.6) is 0 Å². The molecule has 4 aromatic rings. The summed E-state index contributed by atoms with van der Waals surface area (Å²) in [6.45, 7) is 3.84. The maximum atomic E-state index is 12.7. The van der Waals surface area contributed by atoms with Gasteiger partial charge in [0.1, 0.15) is 0 Å². The maximum Gasteiger partial charge on any atom is 0.255 e. The number of rotatable bonds is 4. The molecule has 4 rings (SSSR count). The Bertz CT molecular complexity index is 1110. The number of anilines is 3. The first kappa shape index (κ1) is 16.8. The average molecular weight is 357 g/mol. The lowest BCUT2D eigenvalue weighted by molar-refractivity contribution is 0.102. The zero-order valence-electron chi connectivity index (χ0n) is 15.1. The topological polar surface area (TPSA) is 82.7 Å². The largest absolute Gasteiger partial charge is 0.361 e. The van der Waals surface area contributed by atoms with E-state index in [-0.39, 0.29) is 5.91 Å². The summed E-state index contributed by atoms with van der Waals surface area (Å²) < 4.78 is 0. The van der Waals surface area contributed by atoms with Crippen molar-refractivity contribution in [2.45, 2.75) is 13.8 Å². The van der Waals surface area contributed by atoms with Crippen LogP contribution in [0.3, 0.4) is 0 Å². The van der Waals surface area contributed by atoms with Gasteiger partial charge < -0.3 is 15.6 Å². The molecule has 0 aliphatic rings. The zero-order valence-corrected chi connectivity index (χ0v) is 15.1. The molecule has 0 aliphatic carbocycles. The first-order valence-corrected chi connectivity index (χ1v) is 8.65. The van der Waals surface area contributed by atoms with Gasteiger partial charge >= 0.3 is 0 Å². The van der Waals surface area contributed by atoms with E-state index < -0.39 is 0 Å². The van der Waals surface area contributed by atoms with Crippen molar-refractivity contribution in [1.29, 1.82) is 0 Å². The molecule has 6 nitrogen and oxygen atoms in total. The molecule has 0 saturated heterocycles. The predicted molar refractivity (Wildman–Crippen MR) is 107 cm³/mol. The molecule has 3 N–H and O–H groups in total. The third kappa shape index (κ3) is 3.64. The van der Waals surface area contributed by atoms with Crippen molar-refractivity contribution < 1.29 is 4.79 Å². The van der Waals surface area contributed by atoms with Crippen LogP contribution in [-0.2, 0) is 0 Å². The number of hydrogen-bond acceptors (Lipinski definition) is 4. The second-order valence-electron chi connectivity index (χ2n) is 6.38. The molecule has 0 fully saturated rings. The van der Waals surface area contributed by atoms with Crippen molar-refractivity contribution in [2.24, 2.45) is 0 Å². The SMILES string of the molecule is Cc1cc(C)nc(Nc2cccc(C(=O)Nc3cccc4[nH]ccc34)c2)n1. The van der Waals surface area contributed by atoms with Gasteiger partial charge in [0, 0.05) is 39.7 Å². The summed E-state index contributed by atoms with van der Waals surface area (Å²) in [6.07, 6.45) is 1.86. The molecule has 0 atom stereocenters. The van der Waals surface area contributed by atoms with Crippen LogP contribution in [-0.4, -0.2) is 20.9 Å². The van der Waals surface area contributed by atoms with Gasteiger partial charge in [-0.1, -0.05) is 12.1 Å². The minimum atomic E-state index is -0.173. The number of benzene rings is 2. The molecule has 1 amide bonds. The second-order valence-corrected chi connectivity index (χ2v) is 6.38. The average Bonchev–Trinajstić information content (AvgIpc) is 3.11. The highest BCUT2D eigenvalue weighted by atomic mass is 16.1. The molecule has 0 radical (unpaired) electrons. The highest BCUT2D eigenvalue weighted by Gasteiger charge is 2.10. The Hall–Kier alpha value is -3.67. The maximum absolute atomic E-state index is 12.7. The third-order valence-electron chi connectivity index (χ3n) is 4.21. The predicted octanol–water partition coefficient (Wildman–Crippen LogP) is 4.57. The van der Waals surface area contributed by atoms with Crippen molar-refractivity contribution in [1.82, 2.24) is 15.0 Å². The van der Waals surface area contributed by atoms with Crippen molar-refractivity contribution in [2.75, 3.05) is 10.6 Å². The van der Waals surface area contributed by atoms with E-state index in [0.29, 0.717) is 11.5 Å². The smallest absolute Gasteiger partial charge is 0.255 e. The number of aryl methyl sites for hydroxylation is 2. The van der Waals surface area contributed by atoms with E-state index in [0.717, 1.165) is 33.7 Å². The summed E-state index contributed by atoms with van der Waals surface area (Å²) in [5.41, 5.74) is 4.84. The number of aromatic amines is 1. The fourth-order valence-electron chi connectivity index (χ4n) is 3.04. The van der Waals surface area contributed by atoms with E-state index in [1.807, 2.05) is 62.5 Å².